The summed E-state index contributed by atoms with van der Waals surface area (Å²) in [5.74, 6) is -0.0495. The molecule has 12 heteroatoms. The van der Waals surface area contributed by atoms with Gasteiger partial charge in [-0.3, -0.25) is 14.2 Å². The number of carbonyl (C=O) groups is 2. The summed E-state index contributed by atoms with van der Waals surface area (Å²) >= 11 is 0. The highest BCUT2D eigenvalue weighted by atomic mass is 16.7. The molecule has 7 rings (SSSR count). The number of hydrogen-bond acceptors (Lipinski definition) is 8. The van der Waals surface area contributed by atoms with Crippen LogP contribution in [-0.4, -0.2) is 57.1 Å². The average molecular weight is 775 g/mol. The first-order valence-corrected chi connectivity index (χ1v) is 20.2. The fourth-order valence-electron chi connectivity index (χ4n) is 7.95. The second kappa shape index (κ2) is 19.3. The number of nitrogens with two attached hydrogens (primary N) is 1. The fraction of sp³-hybridized carbons (Fsp3) is 0.400. The highest BCUT2D eigenvalue weighted by molar-refractivity contribution is 5.93. The van der Waals surface area contributed by atoms with Gasteiger partial charge in [0.15, 0.2) is 6.29 Å². The number of unbranched alkanes of at least 4 members (excludes halogenated alkanes) is 3. The number of likely N-dealkylation sites (tertiary alicyclic amines) is 1. The van der Waals surface area contributed by atoms with Gasteiger partial charge in [-0.1, -0.05) is 85.6 Å². The van der Waals surface area contributed by atoms with Gasteiger partial charge in [-0.25, -0.2) is 4.79 Å². The van der Waals surface area contributed by atoms with Gasteiger partial charge in [0.1, 0.15) is 0 Å². The number of imidazole rings is 1. The summed E-state index contributed by atoms with van der Waals surface area (Å²) in [7, 11) is 0. The zero-order chi connectivity index (χ0) is 39.6. The van der Waals surface area contributed by atoms with E-state index in [2.05, 4.69) is 20.5 Å². The molecule has 2 fully saturated rings. The number of para-hydroxylation sites is 4. The number of anilines is 2. The molecule has 0 bridgehead atoms. The first-order valence-electron chi connectivity index (χ1n) is 20.2. The highest BCUT2D eigenvalue weighted by Gasteiger charge is 2.34. The molecule has 0 spiro atoms. The number of H-pyrrole nitrogens is 1. The van der Waals surface area contributed by atoms with E-state index in [1.54, 1.807) is 12.1 Å². The number of nitrogens with one attached hydrogen (secondary N) is 3. The third-order valence-electron chi connectivity index (χ3n) is 11.2. The van der Waals surface area contributed by atoms with Gasteiger partial charge in [0.2, 0.25) is 11.8 Å². The van der Waals surface area contributed by atoms with Gasteiger partial charge in [0.25, 0.3) is 0 Å². The van der Waals surface area contributed by atoms with Gasteiger partial charge >= 0.3 is 5.69 Å². The lowest BCUT2D eigenvalue weighted by Gasteiger charge is -2.40. The van der Waals surface area contributed by atoms with Crippen LogP contribution < -0.4 is 22.1 Å². The van der Waals surface area contributed by atoms with Gasteiger partial charge in [0.05, 0.1) is 41.2 Å². The Kier molecular flexibility index (Phi) is 13.5. The lowest BCUT2D eigenvalue weighted by molar-refractivity contribution is -0.253. The molecule has 4 aromatic carbocycles. The molecule has 6 N–H and O–H groups in total. The van der Waals surface area contributed by atoms with Crippen molar-refractivity contribution < 1.29 is 24.2 Å². The Hall–Kier alpha value is -5.27. The SMILES string of the molecule is Nc1ccccc1NC(=O)CCCCCCC(=O)NCc1ccc(C2OC(CN3CCC(n4c(=O)[nH]c5ccccc54)CC3)CC(c3ccc(CO)cc3)O2)cc1. The minimum Gasteiger partial charge on any atom is -0.397 e. The van der Waals surface area contributed by atoms with Crippen LogP contribution in [0.4, 0.5) is 11.4 Å². The van der Waals surface area contributed by atoms with Crippen molar-refractivity contribution in [3.05, 3.63) is 130 Å². The summed E-state index contributed by atoms with van der Waals surface area (Å²) in [5, 5.41) is 15.5. The molecule has 1 aromatic heterocycles. The van der Waals surface area contributed by atoms with Crippen LogP contribution in [0.3, 0.4) is 0 Å². The average Bonchev–Trinajstić information content (AvgIpc) is 3.58. The van der Waals surface area contributed by atoms with Crippen LogP contribution in [0.2, 0.25) is 0 Å². The van der Waals surface area contributed by atoms with E-state index < -0.39 is 6.29 Å². The predicted octanol–water partition coefficient (Wildman–Crippen LogP) is 6.88. The molecule has 0 saturated carbocycles. The first kappa shape index (κ1) is 39.9. The Balaban J connectivity index is 0.881. The standard InChI is InChI=1S/C45H54N6O6/c46-37-9-5-6-10-38(37)48-43(54)14-4-2-1-3-13-42(53)47-28-31-15-21-34(22-16-31)44-56-36(27-41(57-44)33-19-17-32(30-52)18-20-33)29-50-25-23-35(24-26-50)51-40-12-8-7-11-39(40)49-45(51)55/h5-12,15-22,35-36,41,44,52H,1-4,13-14,23-30,46H2,(H,47,53)(H,48,54)(H,49,55). The number of nitrogen functional groups attached to an aromatic ring is 1. The molecule has 3 unspecified atom stereocenters. The van der Waals surface area contributed by atoms with Crippen LogP contribution >= 0.6 is 0 Å². The van der Waals surface area contributed by atoms with Crippen molar-refractivity contribution in [3.63, 3.8) is 0 Å². The minimum absolute atomic E-state index is 0.00534. The number of hydrogen-bond donors (Lipinski definition) is 5. The number of aromatic nitrogens is 2. The number of aromatic amines is 1. The van der Waals surface area contributed by atoms with Gasteiger partial charge in [0, 0.05) is 57.0 Å². The number of ether oxygens (including phenoxy) is 2. The molecule has 2 saturated heterocycles. The number of rotatable bonds is 16. The molecular weight excluding hydrogens is 721 g/mol. The predicted molar refractivity (Wildman–Crippen MR) is 221 cm³/mol. The molecule has 12 nitrogen and oxygen atoms in total. The zero-order valence-electron chi connectivity index (χ0n) is 32.4. The first-order chi connectivity index (χ1) is 27.8. The monoisotopic (exact) mass is 774 g/mol. The number of aliphatic hydroxyl groups excluding tert-OH is 1. The number of piperidine rings is 1. The molecule has 5 aromatic rings. The van der Waals surface area contributed by atoms with Gasteiger partial charge in [-0.15, -0.1) is 0 Å². The molecule has 300 valence electrons. The van der Waals surface area contributed by atoms with Crippen molar-refractivity contribution in [2.75, 3.05) is 30.7 Å². The number of carbonyl (C=O) groups excluding carboxylic acids is 2. The molecule has 0 aliphatic carbocycles. The molecule has 2 aliphatic rings. The number of nitrogens with zero attached hydrogens (tertiary/aromatic N) is 2. The molecule has 2 amide bonds. The maximum atomic E-state index is 12.8. The zero-order valence-corrected chi connectivity index (χ0v) is 32.4. The van der Waals surface area contributed by atoms with E-state index in [1.165, 1.54) is 0 Å². The molecule has 0 radical (unpaired) electrons. The number of aliphatic hydroxyl groups is 1. The number of fused-ring (bicyclic) bond motifs is 1. The summed E-state index contributed by atoms with van der Waals surface area (Å²) < 4.78 is 15.1. The lowest BCUT2D eigenvalue weighted by atomic mass is 9.98. The van der Waals surface area contributed by atoms with E-state index >= 15 is 0 Å². The summed E-state index contributed by atoms with van der Waals surface area (Å²) in [6, 6.07) is 31.2. The molecule has 3 atom stereocenters. The van der Waals surface area contributed by atoms with E-state index in [0.29, 0.717) is 37.2 Å². The van der Waals surface area contributed by atoms with E-state index in [-0.39, 0.29) is 42.4 Å². The Morgan fingerprint density at radius 2 is 1.46 bits per heavy atom. The Labute approximate surface area is 333 Å². The minimum atomic E-state index is -0.570. The highest BCUT2D eigenvalue weighted by Crippen LogP contribution is 2.39. The number of amides is 2. The van der Waals surface area contributed by atoms with Crippen LogP contribution in [-0.2, 0) is 32.2 Å². The molecule has 57 heavy (non-hydrogen) atoms. The summed E-state index contributed by atoms with van der Waals surface area (Å²) in [6.07, 6.45) is 5.75. The van der Waals surface area contributed by atoms with Crippen LogP contribution in [0.15, 0.2) is 102 Å². The van der Waals surface area contributed by atoms with Crippen molar-refractivity contribution in [2.24, 2.45) is 0 Å². The third-order valence-corrected chi connectivity index (χ3v) is 11.2. The second-order valence-electron chi connectivity index (χ2n) is 15.3. The largest absolute Gasteiger partial charge is 0.397 e. The van der Waals surface area contributed by atoms with Crippen molar-refractivity contribution >= 4 is 34.2 Å². The van der Waals surface area contributed by atoms with E-state index in [4.69, 9.17) is 15.2 Å². The van der Waals surface area contributed by atoms with Crippen LogP contribution in [0.1, 0.15) is 98.5 Å². The topological polar surface area (TPSA) is 164 Å². The van der Waals surface area contributed by atoms with Crippen LogP contribution in [0.25, 0.3) is 11.0 Å². The second-order valence-corrected chi connectivity index (χ2v) is 15.3. The van der Waals surface area contributed by atoms with Crippen molar-refractivity contribution in [3.8, 4) is 0 Å². The van der Waals surface area contributed by atoms with Gasteiger partial charge in [-0.2, -0.15) is 0 Å². The van der Waals surface area contributed by atoms with E-state index in [9.17, 15) is 19.5 Å². The quantitative estimate of drug-likeness (QED) is 0.0535. The van der Waals surface area contributed by atoms with Crippen LogP contribution in [0.5, 0.6) is 0 Å². The summed E-state index contributed by atoms with van der Waals surface area (Å²) in [6.45, 7) is 2.90. The molecule has 2 aliphatic heterocycles. The van der Waals surface area contributed by atoms with Gasteiger partial charge < -0.3 is 40.8 Å². The lowest BCUT2D eigenvalue weighted by Crippen LogP contribution is -2.43. The fourth-order valence-corrected chi connectivity index (χ4v) is 7.95. The third kappa shape index (κ3) is 10.6. The van der Waals surface area contributed by atoms with Crippen LogP contribution in [0, 0.1) is 0 Å². The summed E-state index contributed by atoms with van der Waals surface area (Å²) in [4.78, 5) is 43.1. The Morgan fingerprint density at radius 3 is 2.19 bits per heavy atom. The number of benzene rings is 4. The van der Waals surface area contributed by atoms with Crippen molar-refractivity contribution in [1.82, 2.24) is 19.8 Å². The molecule has 3 heterocycles. The maximum Gasteiger partial charge on any atom is 0.326 e. The van der Waals surface area contributed by atoms with E-state index in [0.717, 1.165) is 91.4 Å². The Bertz CT molecular complexity index is 2140. The molecular formula is C45H54N6O6. The normalized spacial score (nSPS) is 19.1. The summed E-state index contributed by atoms with van der Waals surface area (Å²) in [5.41, 5.74) is 12.6. The van der Waals surface area contributed by atoms with Crippen molar-refractivity contribution in [1.29, 1.82) is 0 Å². The van der Waals surface area contributed by atoms with E-state index in [1.807, 2.05) is 89.5 Å². The van der Waals surface area contributed by atoms with Crippen molar-refractivity contribution in [2.45, 2.75) is 95.5 Å². The maximum absolute atomic E-state index is 12.8. The smallest absolute Gasteiger partial charge is 0.326 e. The Morgan fingerprint density at radius 1 is 0.789 bits per heavy atom. The van der Waals surface area contributed by atoms with Gasteiger partial charge in [-0.05, 0) is 66.6 Å².